The smallest absolute Gasteiger partial charge is 0.285 e. The number of hydrogen-bond acceptors (Lipinski definition) is 4. The first-order valence-corrected chi connectivity index (χ1v) is 9.71. The second-order valence-corrected chi connectivity index (χ2v) is 7.61. The number of nitrogens with one attached hydrogen (secondary N) is 1. The molecule has 6 heteroatoms. The molecule has 0 bridgehead atoms. The molecule has 3 heterocycles. The largest absolute Gasteiger partial charge is 0.441 e. The van der Waals surface area contributed by atoms with Gasteiger partial charge in [0.1, 0.15) is 11.3 Å². The third-order valence-corrected chi connectivity index (χ3v) is 5.51. The fourth-order valence-electron chi connectivity index (χ4n) is 4.14. The Morgan fingerprint density at radius 3 is 2.68 bits per heavy atom. The molecular weight excluding hydrogens is 352 g/mol. The van der Waals surface area contributed by atoms with Gasteiger partial charge in [0.25, 0.3) is 5.56 Å². The zero-order chi connectivity index (χ0) is 19.4. The van der Waals surface area contributed by atoms with Crippen LogP contribution in [0.25, 0.3) is 28.2 Å². The minimum atomic E-state index is -0.178. The van der Waals surface area contributed by atoms with Gasteiger partial charge in [-0.1, -0.05) is 29.8 Å². The van der Waals surface area contributed by atoms with E-state index in [-0.39, 0.29) is 5.56 Å². The van der Waals surface area contributed by atoms with Gasteiger partial charge in [-0.2, -0.15) is 0 Å². The number of H-pyrrole nitrogens is 1. The van der Waals surface area contributed by atoms with Gasteiger partial charge in [0.2, 0.25) is 5.89 Å². The highest BCUT2D eigenvalue weighted by atomic mass is 16.4. The molecule has 1 aliphatic rings. The first-order valence-electron chi connectivity index (χ1n) is 9.71. The summed E-state index contributed by atoms with van der Waals surface area (Å²) in [5, 5.41) is 3.18. The molecule has 1 aromatic carbocycles. The van der Waals surface area contributed by atoms with Gasteiger partial charge in [-0.3, -0.25) is 9.89 Å². The van der Waals surface area contributed by atoms with Crippen LogP contribution in [0.15, 0.2) is 33.5 Å². The van der Waals surface area contributed by atoms with Crippen LogP contribution in [0.2, 0.25) is 0 Å². The molecule has 3 aromatic heterocycles. The zero-order valence-electron chi connectivity index (χ0n) is 16.3. The number of rotatable bonds is 2. The monoisotopic (exact) mass is 374 g/mol. The number of aryl methyl sites for hydroxylation is 5. The number of hydrogen-bond donors (Lipinski definition) is 1. The molecule has 0 amide bonds. The fraction of sp³-hybridized carbons (Fsp3) is 0.318. The van der Waals surface area contributed by atoms with Gasteiger partial charge in [-0.05, 0) is 45.6 Å². The average Bonchev–Trinajstić information content (AvgIpc) is 3.22. The molecule has 4 aromatic rings. The summed E-state index contributed by atoms with van der Waals surface area (Å²) in [6.45, 7) is 5.87. The van der Waals surface area contributed by atoms with Crippen molar-refractivity contribution in [1.29, 1.82) is 0 Å². The van der Waals surface area contributed by atoms with Gasteiger partial charge in [-0.25, -0.2) is 14.5 Å². The molecule has 0 spiro atoms. The summed E-state index contributed by atoms with van der Waals surface area (Å²) in [6, 6.07) is 8.22. The Morgan fingerprint density at radius 2 is 1.89 bits per heavy atom. The number of fused-ring (bicyclic) bond motifs is 2. The number of nitrogens with zero attached hydrogens (tertiary/aromatic N) is 3. The van der Waals surface area contributed by atoms with E-state index >= 15 is 0 Å². The highest BCUT2D eigenvalue weighted by molar-refractivity contribution is 5.81. The maximum atomic E-state index is 13.3. The summed E-state index contributed by atoms with van der Waals surface area (Å²) in [5.74, 6) is 1.30. The van der Waals surface area contributed by atoms with Crippen molar-refractivity contribution in [2.24, 2.45) is 0 Å². The maximum absolute atomic E-state index is 13.3. The third kappa shape index (κ3) is 2.52. The van der Waals surface area contributed by atoms with Crippen molar-refractivity contribution in [3.8, 4) is 22.6 Å². The SMILES string of the molecule is Cc1cccc(-c2c(C)[nH]n3c(=O)c(-c4nc5c(o4)CCCC5)c(C)nc23)c1. The Bertz CT molecular complexity index is 1250. The van der Waals surface area contributed by atoms with Gasteiger partial charge in [0.15, 0.2) is 5.65 Å². The van der Waals surface area contributed by atoms with E-state index in [2.05, 4.69) is 29.1 Å². The van der Waals surface area contributed by atoms with E-state index in [1.54, 1.807) is 0 Å². The van der Waals surface area contributed by atoms with Crippen LogP contribution in [0, 0.1) is 20.8 Å². The van der Waals surface area contributed by atoms with Crippen molar-refractivity contribution >= 4 is 5.65 Å². The molecule has 0 saturated heterocycles. The predicted molar refractivity (Wildman–Crippen MR) is 108 cm³/mol. The van der Waals surface area contributed by atoms with Gasteiger partial charge in [0.05, 0.1) is 11.4 Å². The Labute approximate surface area is 162 Å². The lowest BCUT2D eigenvalue weighted by atomic mass is 10.0. The van der Waals surface area contributed by atoms with E-state index in [1.165, 1.54) is 4.52 Å². The van der Waals surface area contributed by atoms with Crippen LogP contribution in [0.4, 0.5) is 0 Å². The third-order valence-electron chi connectivity index (χ3n) is 5.51. The van der Waals surface area contributed by atoms with E-state index in [1.807, 2.05) is 26.0 Å². The lowest BCUT2D eigenvalue weighted by Crippen LogP contribution is -2.19. The van der Waals surface area contributed by atoms with Crippen LogP contribution < -0.4 is 5.56 Å². The summed E-state index contributed by atoms with van der Waals surface area (Å²) >= 11 is 0. The molecule has 1 aliphatic carbocycles. The van der Waals surface area contributed by atoms with Crippen molar-refractivity contribution in [3.05, 3.63) is 63.0 Å². The average molecular weight is 374 g/mol. The summed E-state index contributed by atoms with van der Waals surface area (Å²) in [7, 11) is 0. The molecule has 0 atom stereocenters. The molecule has 5 rings (SSSR count). The van der Waals surface area contributed by atoms with Crippen molar-refractivity contribution in [3.63, 3.8) is 0 Å². The van der Waals surface area contributed by atoms with E-state index in [0.29, 0.717) is 22.8 Å². The molecule has 0 fully saturated rings. The summed E-state index contributed by atoms with van der Waals surface area (Å²) in [6.07, 6.45) is 4.02. The molecule has 142 valence electrons. The van der Waals surface area contributed by atoms with E-state index < -0.39 is 0 Å². The lowest BCUT2D eigenvalue weighted by molar-refractivity contribution is 0.486. The quantitative estimate of drug-likeness (QED) is 0.572. The second kappa shape index (κ2) is 6.19. The number of benzene rings is 1. The van der Waals surface area contributed by atoms with E-state index in [4.69, 9.17) is 9.40 Å². The van der Waals surface area contributed by atoms with Crippen LogP contribution in [0.5, 0.6) is 0 Å². The van der Waals surface area contributed by atoms with Gasteiger partial charge >= 0.3 is 0 Å². The molecule has 0 saturated carbocycles. The van der Waals surface area contributed by atoms with E-state index in [0.717, 1.165) is 59.5 Å². The summed E-state index contributed by atoms with van der Waals surface area (Å²) in [5.41, 5.74) is 6.56. The van der Waals surface area contributed by atoms with Crippen LogP contribution in [-0.2, 0) is 12.8 Å². The molecule has 0 radical (unpaired) electrons. The minimum Gasteiger partial charge on any atom is -0.441 e. The molecule has 0 unspecified atom stereocenters. The Morgan fingerprint density at radius 1 is 1.07 bits per heavy atom. The standard InChI is InChI=1S/C22H22N4O2/c1-12-7-6-8-15(11-12)18-14(3)25-26-20(18)23-13(2)19(22(26)27)21-24-16-9-4-5-10-17(16)28-21/h6-8,11,25H,4-5,9-10H2,1-3H3. The predicted octanol–water partition coefficient (Wildman–Crippen LogP) is 4.15. The van der Waals surface area contributed by atoms with Crippen LogP contribution in [-0.4, -0.2) is 19.6 Å². The van der Waals surface area contributed by atoms with Crippen molar-refractivity contribution in [2.45, 2.75) is 46.5 Å². The van der Waals surface area contributed by atoms with Crippen LogP contribution in [0.1, 0.15) is 41.2 Å². The summed E-state index contributed by atoms with van der Waals surface area (Å²) < 4.78 is 7.47. The summed E-state index contributed by atoms with van der Waals surface area (Å²) in [4.78, 5) is 22.7. The highest BCUT2D eigenvalue weighted by Crippen LogP contribution is 2.30. The van der Waals surface area contributed by atoms with Crippen molar-refractivity contribution < 1.29 is 4.42 Å². The topological polar surface area (TPSA) is 76.2 Å². The van der Waals surface area contributed by atoms with Crippen molar-refractivity contribution in [2.75, 3.05) is 0 Å². The lowest BCUT2D eigenvalue weighted by Gasteiger charge is -2.05. The Balaban J connectivity index is 1.74. The maximum Gasteiger partial charge on any atom is 0.285 e. The molecular formula is C22H22N4O2. The van der Waals surface area contributed by atoms with Gasteiger partial charge in [-0.15, -0.1) is 0 Å². The Kier molecular flexibility index (Phi) is 3.75. The first-order chi connectivity index (χ1) is 13.5. The fourth-order valence-corrected chi connectivity index (χ4v) is 4.14. The molecule has 1 N–H and O–H groups in total. The molecule has 6 nitrogen and oxygen atoms in total. The minimum absolute atomic E-state index is 0.178. The first kappa shape index (κ1) is 17.0. The highest BCUT2D eigenvalue weighted by Gasteiger charge is 2.24. The number of oxazole rings is 1. The van der Waals surface area contributed by atoms with Gasteiger partial charge < -0.3 is 4.42 Å². The Hall–Kier alpha value is -3.15. The van der Waals surface area contributed by atoms with Crippen molar-refractivity contribution in [1.82, 2.24) is 19.6 Å². The van der Waals surface area contributed by atoms with E-state index in [9.17, 15) is 4.79 Å². The van der Waals surface area contributed by atoms with Gasteiger partial charge in [0, 0.05) is 17.7 Å². The molecule has 0 aliphatic heterocycles. The molecule has 28 heavy (non-hydrogen) atoms. The van der Waals surface area contributed by atoms with Crippen LogP contribution in [0.3, 0.4) is 0 Å². The number of aromatic amines is 1. The second-order valence-electron chi connectivity index (χ2n) is 7.61. The zero-order valence-corrected chi connectivity index (χ0v) is 16.3. The number of aromatic nitrogens is 4. The normalized spacial score (nSPS) is 13.8. The van der Waals surface area contributed by atoms with Crippen LogP contribution >= 0.6 is 0 Å².